The average Bonchev–Trinajstić information content (AvgIpc) is 3.52. The van der Waals surface area contributed by atoms with E-state index >= 15 is 0 Å². The molecule has 0 aliphatic carbocycles. The van der Waals surface area contributed by atoms with Gasteiger partial charge in [0.05, 0.1) is 0 Å². The third kappa shape index (κ3) is 5.47. The lowest BCUT2D eigenvalue weighted by molar-refractivity contribution is -0.127. The number of aromatic nitrogens is 3. The lowest BCUT2D eigenvalue weighted by Gasteiger charge is -2.28. The average molecular weight is 495 g/mol. The van der Waals surface area contributed by atoms with Crippen molar-refractivity contribution in [3.63, 3.8) is 0 Å². The molecule has 4 heterocycles. The van der Waals surface area contributed by atoms with E-state index in [4.69, 9.17) is 9.51 Å². The lowest BCUT2D eigenvalue weighted by Crippen LogP contribution is -2.31. The van der Waals surface area contributed by atoms with Gasteiger partial charge >= 0.3 is 0 Å². The Bertz CT molecular complexity index is 1220. The second-order valence-electron chi connectivity index (χ2n) is 9.42. The van der Waals surface area contributed by atoms with Crippen molar-refractivity contribution in [2.45, 2.75) is 51.4 Å². The van der Waals surface area contributed by atoms with E-state index in [-0.39, 0.29) is 24.1 Å². The van der Waals surface area contributed by atoms with E-state index in [0.717, 1.165) is 56.7 Å². The number of likely N-dealkylation sites (tertiary alicyclic amines) is 1. The van der Waals surface area contributed by atoms with Gasteiger partial charge in [-0.15, -0.1) is 0 Å². The molecule has 0 bridgehead atoms. The number of piperidine rings is 1. The van der Waals surface area contributed by atoms with Gasteiger partial charge in [-0.1, -0.05) is 5.16 Å². The maximum absolute atomic E-state index is 13.5. The van der Waals surface area contributed by atoms with Gasteiger partial charge in [0.25, 0.3) is 5.71 Å². The van der Waals surface area contributed by atoms with Crippen molar-refractivity contribution >= 4 is 28.7 Å². The van der Waals surface area contributed by atoms with Crippen molar-refractivity contribution in [3.8, 4) is 11.3 Å². The molecule has 0 spiro atoms. The molecule has 1 aromatic carbocycles. The molecule has 3 aromatic rings. The maximum Gasteiger partial charge on any atom is 0.263 e. The Morgan fingerprint density at radius 2 is 1.86 bits per heavy atom. The fraction of sp³-hybridized carbons (Fsp3) is 0.500. The highest BCUT2D eigenvalue weighted by Crippen LogP contribution is 2.35. The molecule has 2 aliphatic heterocycles. The van der Waals surface area contributed by atoms with Crippen LogP contribution in [0.15, 0.2) is 28.8 Å². The molecule has 9 nitrogen and oxygen atoms in total. The summed E-state index contributed by atoms with van der Waals surface area (Å²) >= 11 is 0. The minimum absolute atomic E-state index is 0.0736. The molecule has 2 fully saturated rings. The molecule has 2 aromatic heterocycles. The normalized spacial score (nSPS) is 16.2. The van der Waals surface area contributed by atoms with Gasteiger partial charge < -0.3 is 19.6 Å². The van der Waals surface area contributed by atoms with Gasteiger partial charge in [-0.2, -0.15) is 4.98 Å². The fourth-order valence-electron chi connectivity index (χ4n) is 4.88. The molecule has 0 saturated carbocycles. The van der Waals surface area contributed by atoms with Gasteiger partial charge in [0.2, 0.25) is 11.8 Å². The summed E-state index contributed by atoms with van der Waals surface area (Å²) in [5.41, 5.74) is 1.70. The number of nitrogens with one attached hydrogen (secondary N) is 1. The first-order valence-electron chi connectivity index (χ1n) is 12.8. The number of hydrogen-bond donors (Lipinski definition) is 1. The second kappa shape index (κ2) is 11.0. The summed E-state index contributed by atoms with van der Waals surface area (Å²) in [5.74, 6) is 1.10. The smallest absolute Gasteiger partial charge is 0.263 e. The fourth-order valence-corrected chi connectivity index (χ4v) is 4.88. The van der Waals surface area contributed by atoms with Crippen molar-refractivity contribution in [1.82, 2.24) is 25.3 Å². The summed E-state index contributed by atoms with van der Waals surface area (Å²) in [4.78, 5) is 37.6. The SMILES string of the molecule is O=C(CCc1nc(N2CCCCC2)c2c(-c3ccc(F)cc3)noc2n1)NCCCN1CCCC1=O. The first-order chi connectivity index (χ1) is 17.6. The van der Waals surface area contributed by atoms with E-state index in [1.165, 1.54) is 18.6 Å². The zero-order valence-electron chi connectivity index (χ0n) is 20.3. The molecular weight excluding hydrogens is 463 g/mol. The molecule has 0 unspecified atom stereocenters. The van der Waals surface area contributed by atoms with Crippen LogP contribution in [0, 0.1) is 5.82 Å². The number of fused-ring (bicyclic) bond motifs is 1. The van der Waals surface area contributed by atoms with Crippen LogP contribution in [0.2, 0.25) is 0 Å². The van der Waals surface area contributed by atoms with Crippen molar-refractivity contribution in [2.24, 2.45) is 0 Å². The predicted molar refractivity (Wildman–Crippen MR) is 133 cm³/mol. The van der Waals surface area contributed by atoms with E-state index in [9.17, 15) is 14.0 Å². The van der Waals surface area contributed by atoms with Crippen LogP contribution in [0.5, 0.6) is 0 Å². The van der Waals surface area contributed by atoms with Crippen LogP contribution in [0.4, 0.5) is 10.2 Å². The molecule has 2 saturated heterocycles. The summed E-state index contributed by atoms with van der Waals surface area (Å²) in [6.07, 6.45) is 6.25. The van der Waals surface area contributed by atoms with Crippen molar-refractivity contribution in [3.05, 3.63) is 35.9 Å². The van der Waals surface area contributed by atoms with Gasteiger partial charge in [-0.25, -0.2) is 9.37 Å². The summed E-state index contributed by atoms with van der Waals surface area (Å²) in [5, 5.41) is 7.88. The number of aryl methyl sites for hydroxylation is 1. The maximum atomic E-state index is 13.5. The Hall–Kier alpha value is -3.56. The number of carbonyl (C=O) groups is 2. The third-order valence-electron chi connectivity index (χ3n) is 6.81. The summed E-state index contributed by atoms with van der Waals surface area (Å²) in [7, 11) is 0. The highest BCUT2D eigenvalue weighted by molar-refractivity contribution is 5.98. The zero-order valence-corrected chi connectivity index (χ0v) is 20.3. The van der Waals surface area contributed by atoms with Crippen LogP contribution in [0.3, 0.4) is 0 Å². The van der Waals surface area contributed by atoms with Gasteiger partial charge in [-0.05, 0) is 56.4 Å². The number of rotatable bonds is 9. The molecule has 2 aliphatic rings. The highest BCUT2D eigenvalue weighted by atomic mass is 19.1. The molecule has 0 atom stereocenters. The second-order valence-corrected chi connectivity index (χ2v) is 9.42. The monoisotopic (exact) mass is 494 g/mol. The molecule has 1 N–H and O–H groups in total. The molecule has 0 radical (unpaired) electrons. The first-order valence-corrected chi connectivity index (χ1v) is 12.8. The van der Waals surface area contributed by atoms with E-state index in [1.807, 2.05) is 4.90 Å². The molecule has 190 valence electrons. The largest absolute Gasteiger partial charge is 0.356 e. The molecular formula is C26H31FN6O3. The van der Waals surface area contributed by atoms with Crippen LogP contribution in [0.1, 0.15) is 50.8 Å². The number of hydrogen-bond acceptors (Lipinski definition) is 7. The van der Waals surface area contributed by atoms with Gasteiger partial charge in [0, 0.05) is 57.5 Å². The molecule has 10 heteroatoms. The quantitative estimate of drug-likeness (QED) is 0.454. The van der Waals surface area contributed by atoms with Crippen LogP contribution in [-0.4, -0.2) is 64.6 Å². The lowest BCUT2D eigenvalue weighted by atomic mass is 10.1. The standard InChI is InChI=1S/C26H31FN6O3/c27-19-9-7-18(8-10-19)24-23-25(33-14-2-1-3-15-33)29-20(30-26(23)36-31-24)11-12-21(34)28-13-5-17-32-16-4-6-22(32)35/h7-10H,1-6,11-17H2,(H,28,34). The number of carbonyl (C=O) groups excluding carboxylic acids is 2. The highest BCUT2D eigenvalue weighted by Gasteiger charge is 2.24. The number of anilines is 1. The van der Waals surface area contributed by atoms with E-state index in [2.05, 4.69) is 20.4 Å². The molecule has 2 amide bonds. The number of halogens is 1. The van der Waals surface area contributed by atoms with Crippen LogP contribution >= 0.6 is 0 Å². The Balaban J connectivity index is 1.28. The van der Waals surface area contributed by atoms with Crippen LogP contribution < -0.4 is 10.2 Å². The summed E-state index contributed by atoms with van der Waals surface area (Å²) in [6, 6.07) is 6.13. The van der Waals surface area contributed by atoms with Crippen LogP contribution in [-0.2, 0) is 16.0 Å². The predicted octanol–water partition coefficient (Wildman–Crippen LogP) is 3.48. The van der Waals surface area contributed by atoms with Gasteiger partial charge in [0.15, 0.2) is 0 Å². The summed E-state index contributed by atoms with van der Waals surface area (Å²) in [6.45, 7) is 3.78. The van der Waals surface area contributed by atoms with E-state index in [0.29, 0.717) is 48.5 Å². The molecule has 5 rings (SSSR count). The first kappa shape index (κ1) is 24.1. The van der Waals surface area contributed by atoms with Crippen molar-refractivity contribution in [2.75, 3.05) is 37.6 Å². The van der Waals surface area contributed by atoms with Gasteiger partial charge in [0.1, 0.15) is 28.5 Å². The number of nitrogens with zero attached hydrogens (tertiary/aromatic N) is 5. The van der Waals surface area contributed by atoms with Crippen LogP contribution in [0.25, 0.3) is 22.4 Å². The Morgan fingerprint density at radius 1 is 1.06 bits per heavy atom. The van der Waals surface area contributed by atoms with E-state index < -0.39 is 0 Å². The van der Waals surface area contributed by atoms with Crippen molar-refractivity contribution < 1.29 is 18.5 Å². The van der Waals surface area contributed by atoms with Gasteiger partial charge in [-0.3, -0.25) is 9.59 Å². The number of amides is 2. The number of benzene rings is 1. The minimum atomic E-state index is -0.316. The topological polar surface area (TPSA) is 104 Å². The molecule has 36 heavy (non-hydrogen) atoms. The minimum Gasteiger partial charge on any atom is -0.356 e. The zero-order chi connectivity index (χ0) is 24.9. The Morgan fingerprint density at radius 3 is 2.61 bits per heavy atom. The Kier molecular flexibility index (Phi) is 7.39. The summed E-state index contributed by atoms with van der Waals surface area (Å²) < 4.78 is 19.1. The van der Waals surface area contributed by atoms with E-state index in [1.54, 1.807) is 12.1 Å². The third-order valence-corrected chi connectivity index (χ3v) is 6.81. The Labute approximate surface area is 209 Å². The van der Waals surface area contributed by atoms with Crippen molar-refractivity contribution in [1.29, 1.82) is 0 Å².